The van der Waals surface area contributed by atoms with Crippen molar-refractivity contribution in [1.82, 2.24) is 9.91 Å². The Hall–Kier alpha value is -5.16. The van der Waals surface area contributed by atoms with Gasteiger partial charge in [0.2, 0.25) is 0 Å². The van der Waals surface area contributed by atoms with Crippen LogP contribution in [0.15, 0.2) is 41.2 Å². The molecular formula is C43H58N4O12. The van der Waals surface area contributed by atoms with Crippen molar-refractivity contribution >= 4 is 40.3 Å². The number of benzene rings is 2. The Morgan fingerprint density at radius 2 is 1.61 bits per heavy atom. The molecule has 4 heterocycles. The standard InChI is InChI=1S/C43H58N4O12/c1-21-12-11-13-22(2)42(55)45-33-28(20-44-47-17-15-46(9)16-18-47)37(52)30-31(38(33)53)36(51)26(6)40-32(30)41(54)43(8,59-40)57-19-14-29(56-10)23(3)39(58-27(7)48)25(5)35(50)24(4)34(21)49/h11-14,19-21,23-25,29,34-35,39,49-53H,15-18H2,1-10H3,(H,45,55)/b12-11-,19-14-,22-13-,44-20+/t21-,23+,24+,25+,29-,34?,35+,39+,43+/m0/s1. The van der Waals surface area contributed by atoms with Crippen molar-refractivity contribution in [2.45, 2.75) is 85.6 Å². The third-order valence-electron chi connectivity index (χ3n) is 11.9. The van der Waals surface area contributed by atoms with Crippen molar-refractivity contribution < 1.29 is 58.9 Å². The Labute approximate surface area is 344 Å². The zero-order valence-corrected chi connectivity index (χ0v) is 35.3. The molecule has 16 heteroatoms. The van der Waals surface area contributed by atoms with E-state index in [4.69, 9.17) is 18.9 Å². The van der Waals surface area contributed by atoms with E-state index in [1.54, 1.807) is 44.9 Å². The monoisotopic (exact) mass is 822 g/mol. The number of carbonyl (C=O) groups is 3. The van der Waals surface area contributed by atoms with Gasteiger partial charge in [-0.2, -0.15) is 5.10 Å². The number of hydrogen-bond acceptors (Lipinski definition) is 15. The van der Waals surface area contributed by atoms with Crippen LogP contribution in [0.3, 0.4) is 0 Å². The SMILES string of the molecule is CO[C@H]1/C=C\O[C@]2(C)Oc3c(C)c(O)c4c(O)c(c(/C=N/N5CCN(C)CC5)c(O)c4c3C2=O)NC(=O)/C(C)=C\C=C/[C@H](C)C(O)[C@@H](C)[C@@H](O)[C@@H](C)[C@H](OC(C)=O)[C@@H]1C. The molecule has 16 nitrogen and oxygen atoms in total. The summed E-state index contributed by atoms with van der Waals surface area (Å²) in [5.41, 5.74) is -0.350. The molecule has 4 aliphatic rings. The Kier molecular flexibility index (Phi) is 13.7. The summed E-state index contributed by atoms with van der Waals surface area (Å²) in [7, 11) is 3.42. The van der Waals surface area contributed by atoms with Gasteiger partial charge in [0.05, 0.1) is 53.0 Å². The summed E-state index contributed by atoms with van der Waals surface area (Å²) in [6, 6.07) is 0. The number of hydrogen-bond donors (Lipinski definition) is 6. The van der Waals surface area contributed by atoms with Crippen molar-refractivity contribution in [3.05, 3.63) is 52.8 Å². The molecule has 5 bridgehead atoms. The van der Waals surface area contributed by atoms with E-state index in [0.29, 0.717) is 13.1 Å². The minimum Gasteiger partial charge on any atom is -0.507 e. The summed E-state index contributed by atoms with van der Waals surface area (Å²) in [5, 5.41) is 66.8. The molecule has 59 heavy (non-hydrogen) atoms. The molecule has 6 N–H and O–H groups in total. The predicted molar refractivity (Wildman–Crippen MR) is 220 cm³/mol. The molecule has 0 radical (unpaired) electrons. The number of anilines is 1. The van der Waals surface area contributed by atoms with Gasteiger partial charge in [0.25, 0.3) is 11.7 Å². The number of piperazine rings is 1. The van der Waals surface area contributed by atoms with Gasteiger partial charge in [-0.05, 0) is 27.0 Å². The number of phenolic OH excluding ortho intramolecular Hbond substituents is 3. The fourth-order valence-electron chi connectivity index (χ4n) is 7.92. The van der Waals surface area contributed by atoms with Gasteiger partial charge >= 0.3 is 11.8 Å². The van der Waals surface area contributed by atoms with E-state index in [1.165, 1.54) is 59.4 Å². The van der Waals surface area contributed by atoms with Crippen LogP contribution in [0.5, 0.6) is 23.0 Å². The van der Waals surface area contributed by atoms with Gasteiger partial charge in [-0.15, -0.1) is 0 Å². The average Bonchev–Trinajstić information content (AvgIpc) is 3.46. The lowest BCUT2D eigenvalue weighted by Crippen LogP contribution is -2.46. The number of esters is 1. The number of ketones is 1. The highest BCUT2D eigenvalue weighted by Gasteiger charge is 2.50. The molecule has 2 aromatic carbocycles. The fourth-order valence-corrected chi connectivity index (χ4v) is 7.92. The van der Waals surface area contributed by atoms with Crippen LogP contribution in [0.2, 0.25) is 0 Å². The number of aromatic hydroxyl groups is 3. The number of likely N-dealkylation sites (N-methyl/N-ethyl adjacent to an activating group) is 1. The van der Waals surface area contributed by atoms with E-state index < -0.39 is 88.8 Å². The first-order chi connectivity index (χ1) is 27.7. The number of carbonyl (C=O) groups excluding carboxylic acids is 3. The molecule has 0 aliphatic carbocycles. The minimum atomic E-state index is -2.04. The van der Waals surface area contributed by atoms with Gasteiger partial charge in [0, 0.05) is 87.3 Å². The number of amides is 1. The Balaban J connectivity index is 1.70. The summed E-state index contributed by atoms with van der Waals surface area (Å²) >= 11 is 0. The van der Waals surface area contributed by atoms with Crippen LogP contribution in [0.25, 0.3) is 10.8 Å². The summed E-state index contributed by atoms with van der Waals surface area (Å²) in [6.45, 7) is 15.1. The summed E-state index contributed by atoms with van der Waals surface area (Å²) < 4.78 is 23.6. The summed E-state index contributed by atoms with van der Waals surface area (Å²) in [4.78, 5) is 42.6. The van der Waals surface area contributed by atoms with E-state index in [-0.39, 0.29) is 44.5 Å². The molecule has 2 aromatic rings. The molecule has 6 rings (SSSR count). The fraction of sp³-hybridized carbons (Fsp3) is 0.535. The normalized spacial score (nSPS) is 32.1. The first kappa shape index (κ1) is 44.9. The van der Waals surface area contributed by atoms with Crippen LogP contribution >= 0.6 is 0 Å². The maximum absolute atomic E-state index is 14.4. The Bertz CT molecular complexity index is 2070. The van der Waals surface area contributed by atoms with Gasteiger partial charge in [-0.25, -0.2) is 0 Å². The molecule has 0 spiro atoms. The molecule has 1 fully saturated rings. The van der Waals surface area contributed by atoms with E-state index in [1.807, 2.05) is 7.05 Å². The second kappa shape index (κ2) is 18.0. The van der Waals surface area contributed by atoms with Crippen molar-refractivity contribution in [3.8, 4) is 23.0 Å². The number of ether oxygens (including phenoxy) is 4. The third-order valence-corrected chi connectivity index (χ3v) is 11.9. The van der Waals surface area contributed by atoms with Gasteiger partial charge in [-0.1, -0.05) is 45.9 Å². The Morgan fingerprint density at radius 3 is 2.24 bits per heavy atom. The van der Waals surface area contributed by atoms with Crippen molar-refractivity contribution in [3.63, 3.8) is 0 Å². The van der Waals surface area contributed by atoms with Gasteiger partial charge in [-0.3, -0.25) is 19.4 Å². The predicted octanol–water partition coefficient (Wildman–Crippen LogP) is 4.34. The number of hydrazone groups is 1. The van der Waals surface area contributed by atoms with Crippen LogP contribution in [-0.2, 0) is 23.8 Å². The quantitative estimate of drug-likeness (QED) is 0.109. The lowest BCUT2D eigenvalue weighted by atomic mass is 9.78. The number of nitrogens with one attached hydrogen (secondary N) is 1. The van der Waals surface area contributed by atoms with Crippen LogP contribution < -0.4 is 10.1 Å². The molecule has 9 atom stereocenters. The molecule has 1 amide bonds. The van der Waals surface area contributed by atoms with E-state index in [9.17, 15) is 39.9 Å². The third kappa shape index (κ3) is 8.91. The number of nitrogens with zero attached hydrogens (tertiary/aromatic N) is 3. The lowest BCUT2D eigenvalue weighted by Gasteiger charge is -2.38. The molecule has 0 aromatic heterocycles. The van der Waals surface area contributed by atoms with E-state index in [0.717, 1.165) is 13.1 Å². The first-order valence-corrected chi connectivity index (χ1v) is 19.8. The average molecular weight is 823 g/mol. The van der Waals surface area contributed by atoms with Crippen LogP contribution in [-0.4, -0.2) is 130 Å². The molecule has 1 saturated heterocycles. The number of allylic oxidation sites excluding steroid dienone is 2. The van der Waals surface area contributed by atoms with Gasteiger partial charge < -0.3 is 54.7 Å². The second-order valence-corrected chi connectivity index (χ2v) is 16.1. The number of fused-ring (bicyclic) bond motifs is 14. The topological polar surface area (TPSA) is 220 Å². The van der Waals surface area contributed by atoms with Crippen molar-refractivity contribution in [1.29, 1.82) is 0 Å². The van der Waals surface area contributed by atoms with Crippen molar-refractivity contribution in [2.75, 3.05) is 45.7 Å². The van der Waals surface area contributed by atoms with E-state index >= 15 is 0 Å². The number of rotatable bonds is 4. The first-order valence-electron chi connectivity index (χ1n) is 19.8. The van der Waals surface area contributed by atoms with Crippen LogP contribution in [0.4, 0.5) is 5.69 Å². The smallest absolute Gasteiger partial charge is 0.312 e. The number of aliphatic hydroxyl groups excluding tert-OH is 2. The highest BCUT2D eigenvalue weighted by molar-refractivity contribution is 6.23. The molecule has 1 unspecified atom stereocenters. The van der Waals surface area contributed by atoms with Crippen LogP contribution in [0, 0.1) is 30.6 Å². The number of methoxy groups -OCH3 is 1. The zero-order chi connectivity index (χ0) is 43.7. The van der Waals surface area contributed by atoms with Crippen LogP contribution in [0.1, 0.15) is 70.0 Å². The maximum atomic E-state index is 14.4. The lowest BCUT2D eigenvalue weighted by molar-refractivity contribution is -0.160. The summed E-state index contributed by atoms with van der Waals surface area (Å²) in [5.74, 6) is -8.34. The minimum absolute atomic E-state index is 0.0559. The molecule has 4 aliphatic heterocycles. The zero-order valence-electron chi connectivity index (χ0n) is 35.3. The van der Waals surface area contributed by atoms with Crippen molar-refractivity contribution in [2.24, 2.45) is 28.8 Å². The van der Waals surface area contributed by atoms with Gasteiger partial charge in [0.15, 0.2) is 5.75 Å². The number of aliphatic hydroxyl groups is 2. The Morgan fingerprint density at radius 1 is 0.949 bits per heavy atom. The maximum Gasteiger partial charge on any atom is 0.312 e. The number of Topliss-reactive ketones (excluding diaryl/α,β-unsaturated/α-hetero) is 1. The second-order valence-electron chi connectivity index (χ2n) is 16.1. The highest BCUT2D eigenvalue weighted by Crippen LogP contribution is 2.55. The summed E-state index contributed by atoms with van der Waals surface area (Å²) in [6.07, 6.45) is 4.86. The molecule has 322 valence electrons. The number of phenols is 3. The molecular weight excluding hydrogens is 764 g/mol. The van der Waals surface area contributed by atoms with E-state index in [2.05, 4.69) is 15.3 Å². The highest BCUT2D eigenvalue weighted by atomic mass is 16.7. The largest absolute Gasteiger partial charge is 0.507 e. The van der Waals surface area contributed by atoms with Gasteiger partial charge in [0.1, 0.15) is 23.4 Å². The molecule has 0 saturated carbocycles.